The van der Waals surface area contributed by atoms with Crippen molar-refractivity contribution in [3.05, 3.63) is 12.1 Å². The van der Waals surface area contributed by atoms with E-state index in [9.17, 15) is 0 Å². The van der Waals surface area contributed by atoms with Crippen LogP contribution < -0.4 is 24.8 Å². The highest BCUT2D eigenvalue weighted by Crippen LogP contribution is 2.39. The highest BCUT2D eigenvalue weighted by atomic mass is 16.5. The second-order valence-corrected chi connectivity index (χ2v) is 4.24. The molecule has 1 atom stereocenters. The van der Waals surface area contributed by atoms with Crippen LogP contribution in [-0.2, 0) is 0 Å². The first-order chi connectivity index (χ1) is 8.78. The molecule has 2 rings (SSSR count). The molecular weight excluding hydrogens is 232 g/mol. The van der Waals surface area contributed by atoms with E-state index in [0.717, 1.165) is 42.4 Å². The highest BCUT2D eigenvalue weighted by Gasteiger charge is 2.19. The van der Waals surface area contributed by atoms with E-state index < -0.39 is 0 Å². The maximum Gasteiger partial charge on any atom is 0.149 e. The van der Waals surface area contributed by atoms with Gasteiger partial charge in [0.2, 0.25) is 0 Å². The van der Waals surface area contributed by atoms with Crippen molar-refractivity contribution in [2.75, 3.05) is 39.7 Å². The van der Waals surface area contributed by atoms with Crippen molar-refractivity contribution in [3.8, 4) is 17.2 Å². The Balaban J connectivity index is 2.29. The summed E-state index contributed by atoms with van der Waals surface area (Å²) in [6.45, 7) is 2.00. The van der Waals surface area contributed by atoms with Crippen molar-refractivity contribution in [2.45, 2.75) is 12.5 Å². The van der Waals surface area contributed by atoms with Gasteiger partial charge in [-0.05, 0) is 13.0 Å². The van der Waals surface area contributed by atoms with Crippen LogP contribution >= 0.6 is 0 Å². The first kappa shape index (κ1) is 12.8. The number of hydrogen-bond acceptors (Lipinski definition) is 5. The summed E-state index contributed by atoms with van der Waals surface area (Å²) in [6.07, 6.45) is 1.10. The maximum atomic E-state index is 5.40. The molecule has 0 radical (unpaired) electrons. The minimum atomic E-state index is 0.404. The molecule has 1 heterocycles. The molecule has 1 aliphatic rings. The molecule has 100 valence electrons. The van der Waals surface area contributed by atoms with Gasteiger partial charge in [0.1, 0.15) is 22.9 Å². The fourth-order valence-electron chi connectivity index (χ4n) is 2.13. The zero-order chi connectivity index (χ0) is 13.0. The van der Waals surface area contributed by atoms with Crippen molar-refractivity contribution in [1.29, 1.82) is 0 Å². The minimum Gasteiger partial charge on any atom is -0.496 e. The zero-order valence-electron chi connectivity index (χ0n) is 11.1. The van der Waals surface area contributed by atoms with E-state index in [1.165, 1.54) is 0 Å². The van der Waals surface area contributed by atoms with Crippen molar-refractivity contribution in [1.82, 2.24) is 5.32 Å². The van der Waals surface area contributed by atoms with Crippen molar-refractivity contribution in [3.63, 3.8) is 0 Å². The molecule has 0 amide bonds. The van der Waals surface area contributed by atoms with Gasteiger partial charge < -0.3 is 24.8 Å². The Labute approximate surface area is 107 Å². The van der Waals surface area contributed by atoms with Crippen LogP contribution in [0.3, 0.4) is 0 Å². The number of benzene rings is 1. The number of nitrogens with one attached hydrogen (secondary N) is 2. The van der Waals surface area contributed by atoms with Gasteiger partial charge in [-0.1, -0.05) is 0 Å². The van der Waals surface area contributed by atoms with Crippen LogP contribution in [0.2, 0.25) is 0 Å². The van der Waals surface area contributed by atoms with E-state index in [-0.39, 0.29) is 0 Å². The molecule has 1 aromatic rings. The summed E-state index contributed by atoms with van der Waals surface area (Å²) >= 11 is 0. The van der Waals surface area contributed by atoms with E-state index in [4.69, 9.17) is 14.2 Å². The summed E-state index contributed by atoms with van der Waals surface area (Å²) in [7, 11) is 4.92. The number of methoxy groups -OCH3 is 3. The highest BCUT2D eigenvalue weighted by molar-refractivity contribution is 5.69. The lowest BCUT2D eigenvalue weighted by Gasteiger charge is -2.19. The summed E-state index contributed by atoms with van der Waals surface area (Å²) in [5, 5.41) is 6.78. The van der Waals surface area contributed by atoms with E-state index in [1.807, 2.05) is 12.1 Å². The first-order valence-corrected chi connectivity index (χ1v) is 6.05. The Morgan fingerprint density at radius 3 is 2.22 bits per heavy atom. The Morgan fingerprint density at radius 1 is 1.11 bits per heavy atom. The predicted molar refractivity (Wildman–Crippen MR) is 71.0 cm³/mol. The van der Waals surface area contributed by atoms with Crippen LogP contribution in [-0.4, -0.2) is 40.5 Å². The van der Waals surface area contributed by atoms with Crippen LogP contribution in [0.5, 0.6) is 17.2 Å². The first-order valence-electron chi connectivity index (χ1n) is 6.05. The van der Waals surface area contributed by atoms with Gasteiger partial charge in [-0.3, -0.25) is 0 Å². The second kappa shape index (κ2) is 5.82. The zero-order valence-corrected chi connectivity index (χ0v) is 11.1. The van der Waals surface area contributed by atoms with Crippen LogP contribution in [0.4, 0.5) is 5.69 Å². The summed E-state index contributed by atoms with van der Waals surface area (Å²) < 4.78 is 16.0. The number of ether oxygens (including phenoxy) is 3. The molecule has 0 bridgehead atoms. The predicted octanol–water partition coefficient (Wildman–Crippen LogP) is 1.49. The van der Waals surface area contributed by atoms with Gasteiger partial charge in [-0.2, -0.15) is 0 Å². The number of hydrogen-bond donors (Lipinski definition) is 2. The van der Waals surface area contributed by atoms with Crippen molar-refractivity contribution >= 4 is 5.69 Å². The SMILES string of the molecule is COc1cc(OC)c(NC2CCNC2)c(OC)c1. The average Bonchev–Trinajstić information content (AvgIpc) is 2.91. The monoisotopic (exact) mass is 252 g/mol. The average molecular weight is 252 g/mol. The molecular formula is C13H20N2O3. The van der Waals surface area contributed by atoms with Crippen LogP contribution in [0.15, 0.2) is 12.1 Å². The van der Waals surface area contributed by atoms with Crippen molar-refractivity contribution in [2.24, 2.45) is 0 Å². The minimum absolute atomic E-state index is 0.404. The fourth-order valence-corrected chi connectivity index (χ4v) is 2.13. The molecule has 5 nitrogen and oxygen atoms in total. The molecule has 1 saturated heterocycles. The Bertz CT molecular complexity index is 378. The standard InChI is InChI=1S/C13H20N2O3/c1-16-10-6-11(17-2)13(12(7-10)18-3)15-9-4-5-14-8-9/h6-7,9,14-15H,4-5,8H2,1-3H3. The second-order valence-electron chi connectivity index (χ2n) is 4.24. The van der Waals surface area contributed by atoms with Crippen LogP contribution in [0.1, 0.15) is 6.42 Å². The van der Waals surface area contributed by atoms with Gasteiger partial charge in [0, 0.05) is 24.7 Å². The molecule has 0 saturated carbocycles. The molecule has 2 N–H and O–H groups in total. The van der Waals surface area contributed by atoms with Gasteiger partial charge in [-0.15, -0.1) is 0 Å². The maximum absolute atomic E-state index is 5.40. The lowest BCUT2D eigenvalue weighted by molar-refractivity contribution is 0.377. The molecule has 1 unspecified atom stereocenters. The topological polar surface area (TPSA) is 51.8 Å². The number of anilines is 1. The lowest BCUT2D eigenvalue weighted by atomic mass is 10.2. The summed E-state index contributed by atoms with van der Waals surface area (Å²) in [5.74, 6) is 2.19. The van der Waals surface area contributed by atoms with Gasteiger partial charge in [0.15, 0.2) is 0 Å². The molecule has 5 heteroatoms. The molecule has 0 aliphatic carbocycles. The van der Waals surface area contributed by atoms with E-state index in [0.29, 0.717) is 6.04 Å². The Kier molecular flexibility index (Phi) is 4.15. The summed E-state index contributed by atoms with van der Waals surface area (Å²) in [4.78, 5) is 0. The van der Waals surface area contributed by atoms with E-state index in [1.54, 1.807) is 21.3 Å². The molecule has 18 heavy (non-hydrogen) atoms. The van der Waals surface area contributed by atoms with E-state index >= 15 is 0 Å². The molecule has 0 aromatic heterocycles. The third kappa shape index (κ3) is 2.61. The quantitative estimate of drug-likeness (QED) is 0.831. The smallest absolute Gasteiger partial charge is 0.149 e. The van der Waals surface area contributed by atoms with Gasteiger partial charge in [-0.25, -0.2) is 0 Å². The molecule has 1 fully saturated rings. The third-order valence-electron chi connectivity index (χ3n) is 3.12. The molecule has 1 aliphatic heterocycles. The lowest BCUT2D eigenvalue weighted by Crippen LogP contribution is -2.22. The fraction of sp³-hybridized carbons (Fsp3) is 0.538. The Morgan fingerprint density at radius 2 is 1.78 bits per heavy atom. The van der Waals surface area contributed by atoms with Crippen LogP contribution in [0, 0.1) is 0 Å². The number of rotatable bonds is 5. The summed E-state index contributed by atoms with van der Waals surface area (Å²) in [6, 6.07) is 4.11. The van der Waals surface area contributed by atoms with Gasteiger partial charge in [0.05, 0.1) is 21.3 Å². The van der Waals surface area contributed by atoms with Crippen molar-refractivity contribution < 1.29 is 14.2 Å². The largest absolute Gasteiger partial charge is 0.496 e. The molecule has 0 spiro atoms. The Hall–Kier alpha value is -1.62. The van der Waals surface area contributed by atoms with E-state index in [2.05, 4.69) is 10.6 Å². The third-order valence-corrected chi connectivity index (χ3v) is 3.12. The van der Waals surface area contributed by atoms with Gasteiger partial charge >= 0.3 is 0 Å². The van der Waals surface area contributed by atoms with Gasteiger partial charge in [0.25, 0.3) is 0 Å². The van der Waals surface area contributed by atoms with Crippen LogP contribution in [0.25, 0.3) is 0 Å². The normalized spacial score (nSPS) is 18.5. The summed E-state index contributed by atoms with van der Waals surface area (Å²) in [5.41, 5.74) is 0.884. The molecule has 1 aromatic carbocycles.